The van der Waals surface area contributed by atoms with E-state index in [2.05, 4.69) is 15.9 Å². The van der Waals surface area contributed by atoms with Crippen molar-refractivity contribution in [2.45, 2.75) is 43.0 Å². The van der Waals surface area contributed by atoms with Crippen molar-refractivity contribution >= 4 is 21.8 Å². The lowest BCUT2D eigenvalue weighted by molar-refractivity contribution is -0.150. The normalized spacial score (nSPS) is 38.2. The molecular formula is C12H20BrNO2. The van der Waals surface area contributed by atoms with Crippen LogP contribution < -0.4 is 0 Å². The highest BCUT2D eigenvalue weighted by atomic mass is 79.9. The van der Waals surface area contributed by atoms with Gasteiger partial charge in [0, 0.05) is 25.0 Å². The minimum atomic E-state index is -0.549. The standard InChI is InChI=1S/C12H20BrNO2/c1-12(4-3-5-16-12)11(15)14(2)8-9-6-10(13)7-9/h9-10H,3-8H2,1-2H3. The van der Waals surface area contributed by atoms with Gasteiger partial charge >= 0.3 is 0 Å². The fraction of sp³-hybridized carbons (Fsp3) is 0.917. The van der Waals surface area contributed by atoms with Crippen LogP contribution >= 0.6 is 15.9 Å². The number of nitrogens with zero attached hydrogens (tertiary/aromatic N) is 1. The van der Waals surface area contributed by atoms with E-state index in [1.54, 1.807) is 0 Å². The van der Waals surface area contributed by atoms with Gasteiger partial charge in [-0.2, -0.15) is 0 Å². The predicted octanol–water partition coefficient (Wildman–Crippen LogP) is 2.19. The van der Waals surface area contributed by atoms with Gasteiger partial charge in [-0.25, -0.2) is 0 Å². The molecular weight excluding hydrogens is 270 g/mol. The molecule has 1 heterocycles. The van der Waals surface area contributed by atoms with Crippen LogP contribution in [0.4, 0.5) is 0 Å². The first-order valence-electron chi connectivity index (χ1n) is 6.05. The van der Waals surface area contributed by atoms with E-state index in [0.717, 1.165) is 26.0 Å². The molecule has 0 N–H and O–H groups in total. The van der Waals surface area contributed by atoms with Crippen molar-refractivity contribution in [2.24, 2.45) is 5.92 Å². The third-order valence-corrected chi connectivity index (χ3v) is 4.48. The third-order valence-electron chi connectivity index (χ3n) is 3.73. The Balaban J connectivity index is 1.84. The number of amides is 1. The Morgan fingerprint density at radius 1 is 1.56 bits per heavy atom. The number of halogens is 1. The van der Waals surface area contributed by atoms with Crippen molar-refractivity contribution in [1.29, 1.82) is 0 Å². The monoisotopic (exact) mass is 289 g/mol. The van der Waals surface area contributed by atoms with Gasteiger partial charge in [0.25, 0.3) is 5.91 Å². The van der Waals surface area contributed by atoms with E-state index in [4.69, 9.17) is 4.74 Å². The molecule has 0 bridgehead atoms. The van der Waals surface area contributed by atoms with E-state index in [1.165, 1.54) is 12.8 Å². The molecule has 16 heavy (non-hydrogen) atoms. The van der Waals surface area contributed by atoms with Gasteiger partial charge in [0.2, 0.25) is 0 Å². The molecule has 1 saturated carbocycles. The Labute approximate surface area is 106 Å². The zero-order chi connectivity index (χ0) is 11.8. The Hall–Kier alpha value is -0.0900. The number of likely N-dealkylation sites (N-methyl/N-ethyl adjacent to an activating group) is 1. The van der Waals surface area contributed by atoms with Gasteiger partial charge in [-0.05, 0) is 38.5 Å². The van der Waals surface area contributed by atoms with Gasteiger partial charge in [-0.3, -0.25) is 4.79 Å². The van der Waals surface area contributed by atoms with Gasteiger partial charge < -0.3 is 9.64 Å². The van der Waals surface area contributed by atoms with Crippen molar-refractivity contribution in [2.75, 3.05) is 20.2 Å². The van der Waals surface area contributed by atoms with Crippen molar-refractivity contribution in [3.63, 3.8) is 0 Å². The van der Waals surface area contributed by atoms with Crippen LogP contribution in [0.15, 0.2) is 0 Å². The second-order valence-electron chi connectivity index (χ2n) is 5.30. The first kappa shape index (κ1) is 12.4. The average molecular weight is 290 g/mol. The van der Waals surface area contributed by atoms with E-state index in [0.29, 0.717) is 10.7 Å². The summed E-state index contributed by atoms with van der Waals surface area (Å²) >= 11 is 3.58. The summed E-state index contributed by atoms with van der Waals surface area (Å²) in [6.07, 6.45) is 4.25. The highest BCUT2D eigenvalue weighted by Crippen LogP contribution is 2.34. The molecule has 1 unspecified atom stereocenters. The number of hydrogen-bond acceptors (Lipinski definition) is 2. The van der Waals surface area contributed by atoms with Gasteiger partial charge in [0.1, 0.15) is 5.60 Å². The molecule has 1 saturated heterocycles. The number of ether oxygens (including phenoxy) is 1. The number of rotatable bonds is 3. The van der Waals surface area contributed by atoms with Crippen LogP contribution in [0, 0.1) is 5.92 Å². The summed E-state index contributed by atoms with van der Waals surface area (Å²) in [6, 6.07) is 0. The summed E-state index contributed by atoms with van der Waals surface area (Å²) in [5.74, 6) is 0.825. The number of alkyl halides is 1. The first-order valence-corrected chi connectivity index (χ1v) is 6.96. The molecule has 2 rings (SSSR count). The van der Waals surface area contributed by atoms with E-state index in [9.17, 15) is 4.79 Å². The maximum absolute atomic E-state index is 12.2. The smallest absolute Gasteiger partial charge is 0.254 e. The van der Waals surface area contributed by atoms with E-state index < -0.39 is 5.60 Å². The Morgan fingerprint density at radius 3 is 2.75 bits per heavy atom. The molecule has 2 aliphatic rings. The van der Waals surface area contributed by atoms with Crippen LogP contribution in [0.5, 0.6) is 0 Å². The van der Waals surface area contributed by atoms with Crippen LogP contribution in [0.25, 0.3) is 0 Å². The quantitative estimate of drug-likeness (QED) is 0.746. The SMILES string of the molecule is CN(CC1CC(Br)C1)C(=O)C1(C)CCCO1. The summed E-state index contributed by atoms with van der Waals surface area (Å²) in [5, 5.41) is 0. The number of hydrogen-bond donors (Lipinski definition) is 0. The lowest BCUT2D eigenvalue weighted by Crippen LogP contribution is -2.47. The van der Waals surface area contributed by atoms with Crippen molar-refractivity contribution < 1.29 is 9.53 Å². The van der Waals surface area contributed by atoms with Gasteiger partial charge in [-0.15, -0.1) is 0 Å². The second kappa shape index (κ2) is 4.65. The molecule has 92 valence electrons. The highest BCUT2D eigenvalue weighted by Gasteiger charge is 2.40. The van der Waals surface area contributed by atoms with Crippen LogP contribution in [-0.2, 0) is 9.53 Å². The zero-order valence-corrected chi connectivity index (χ0v) is 11.6. The van der Waals surface area contributed by atoms with Gasteiger partial charge in [0.15, 0.2) is 0 Å². The maximum atomic E-state index is 12.2. The molecule has 0 spiro atoms. The third kappa shape index (κ3) is 2.43. The van der Waals surface area contributed by atoms with Gasteiger partial charge in [-0.1, -0.05) is 15.9 Å². The van der Waals surface area contributed by atoms with Crippen molar-refractivity contribution in [3.05, 3.63) is 0 Å². The molecule has 0 aromatic carbocycles. The Morgan fingerprint density at radius 2 is 2.25 bits per heavy atom. The molecule has 4 heteroatoms. The van der Waals surface area contributed by atoms with Crippen molar-refractivity contribution in [1.82, 2.24) is 4.90 Å². The van der Waals surface area contributed by atoms with E-state index in [1.807, 2.05) is 18.9 Å². The average Bonchev–Trinajstić information content (AvgIpc) is 2.63. The molecule has 1 aliphatic carbocycles. The number of carbonyl (C=O) groups is 1. The summed E-state index contributed by atoms with van der Waals surface area (Å²) in [7, 11) is 1.90. The fourth-order valence-electron chi connectivity index (χ4n) is 2.63. The topological polar surface area (TPSA) is 29.5 Å². The van der Waals surface area contributed by atoms with E-state index >= 15 is 0 Å². The molecule has 0 aromatic rings. The predicted molar refractivity (Wildman–Crippen MR) is 66.7 cm³/mol. The molecule has 0 aromatic heterocycles. The van der Waals surface area contributed by atoms with Crippen LogP contribution in [0.2, 0.25) is 0 Å². The van der Waals surface area contributed by atoms with E-state index in [-0.39, 0.29) is 5.91 Å². The summed E-state index contributed by atoms with van der Waals surface area (Å²) in [5.41, 5.74) is -0.549. The first-order chi connectivity index (χ1) is 7.51. The Kier molecular flexibility index (Phi) is 3.59. The second-order valence-corrected chi connectivity index (χ2v) is 6.60. The molecule has 3 nitrogen and oxygen atoms in total. The highest BCUT2D eigenvalue weighted by molar-refractivity contribution is 9.09. The summed E-state index contributed by atoms with van der Waals surface area (Å²) in [4.78, 5) is 14.7. The lowest BCUT2D eigenvalue weighted by atomic mass is 9.84. The largest absolute Gasteiger partial charge is 0.365 e. The van der Waals surface area contributed by atoms with Gasteiger partial charge in [0.05, 0.1) is 0 Å². The van der Waals surface area contributed by atoms with Crippen LogP contribution in [0.3, 0.4) is 0 Å². The maximum Gasteiger partial charge on any atom is 0.254 e. The Bertz CT molecular complexity index is 270. The minimum absolute atomic E-state index is 0.156. The molecule has 1 atom stereocenters. The molecule has 1 amide bonds. The molecule has 2 fully saturated rings. The van der Waals surface area contributed by atoms with Crippen LogP contribution in [0.1, 0.15) is 32.6 Å². The summed E-state index contributed by atoms with van der Waals surface area (Å²) in [6.45, 7) is 3.52. The summed E-state index contributed by atoms with van der Waals surface area (Å²) < 4.78 is 5.58. The molecule has 1 aliphatic heterocycles. The fourth-order valence-corrected chi connectivity index (χ4v) is 3.68. The number of carbonyl (C=O) groups excluding carboxylic acids is 1. The minimum Gasteiger partial charge on any atom is -0.365 e. The van der Waals surface area contributed by atoms with Crippen LogP contribution in [-0.4, -0.2) is 41.4 Å². The lowest BCUT2D eigenvalue weighted by Gasteiger charge is -2.36. The van der Waals surface area contributed by atoms with Crippen molar-refractivity contribution in [3.8, 4) is 0 Å². The molecule has 0 radical (unpaired) electrons. The zero-order valence-electron chi connectivity index (χ0n) is 10.0.